The van der Waals surface area contributed by atoms with E-state index in [0.717, 1.165) is 29.7 Å². The van der Waals surface area contributed by atoms with Gasteiger partial charge in [-0.2, -0.15) is 4.31 Å². The maximum absolute atomic E-state index is 12.6. The lowest BCUT2D eigenvalue weighted by Crippen LogP contribution is -2.27. The van der Waals surface area contributed by atoms with Gasteiger partial charge in [0.1, 0.15) is 4.21 Å². The van der Waals surface area contributed by atoms with Gasteiger partial charge in [-0.1, -0.05) is 30.3 Å². The van der Waals surface area contributed by atoms with Crippen LogP contribution in [0.25, 0.3) is 0 Å². The summed E-state index contributed by atoms with van der Waals surface area (Å²) < 4.78 is 32.8. The Kier molecular flexibility index (Phi) is 7.83. The number of hydrogen-bond donors (Lipinski definition) is 1. The number of rotatable bonds is 10. The number of nitrogens with one attached hydrogen (secondary N) is 1. The van der Waals surface area contributed by atoms with E-state index in [1.807, 2.05) is 37.3 Å². The second-order valence-electron chi connectivity index (χ2n) is 7.14. The number of hydrogen-bond acceptors (Lipinski definition) is 5. The molecule has 1 atom stereocenters. The summed E-state index contributed by atoms with van der Waals surface area (Å²) in [6.07, 6.45) is 2.76. The lowest BCUT2D eigenvalue weighted by atomic mass is 10.1. The zero-order valence-electron chi connectivity index (χ0n) is 16.7. The van der Waals surface area contributed by atoms with Crippen LogP contribution in [0.3, 0.4) is 0 Å². The maximum atomic E-state index is 12.6. The zero-order chi connectivity index (χ0) is 20.7. The van der Waals surface area contributed by atoms with Crippen LogP contribution in [-0.2, 0) is 26.0 Å². The molecular weight excluding hydrogens is 408 g/mol. The van der Waals surface area contributed by atoms with Gasteiger partial charge in [0.25, 0.3) is 10.0 Å². The normalized spacial score (nSPS) is 16.0. The first kappa shape index (κ1) is 22.0. The molecule has 1 aromatic heterocycles. The van der Waals surface area contributed by atoms with Gasteiger partial charge in [0.05, 0.1) is 12.5 Å². The summed E-state index contributed by atoms with van der Waals surface area (Å²) in [6.45, 7) is 4.28. The molecule has 1 aliphatic rings. The largest absolute Gasteiger partial charge is 0.374 e. The Balaban J connectivity index is 1.37. The summed E-state index contributed by atoms with van der Waals surface area (Å²) in [5.41, 5.74) is 1.13. The van der Waals surface area contributed by atoms with Crippen LogP contribution in [0.1, 0.15) is 42.7 Å². The van der Waals surface area contributed by atoms with E-state index >= 15 is 0 Å². The van der Waals surface area contributed by atoms with Crippen LogP contribution in [0, 0.1) is 0 Å². The Bertz CT molecular complexity index is 890. The summed E-state index contributed by atoms with van der Waals surface area (Å²) in [5, 5.41) is 2.88. The van der Waals surface area contributed by atoms with E-state index in [-0.39, 0.29) is 18.4 Å². The van der Waals surface area contributed by atoms with E-state index in [0.29, 0.717) is 30.5 Å². The minimum Gasteiger partial charge on any atom is -0.374 e. The number of amides is 1. The molecule has 1 aliphatic heterocycles. The molecule has 0 saturated carbocycles. The summed E-state index contributed by atoms with van der Waals surface area (Å²) in [4.78, 5) is 12.9. The first-order valence-electron chi connectivity index (χ1n) is 9.99. The van der Waals surface area contributed by atoms with Gasteiger partial charge < -0.3 is 10.1 Å². The fourth-order valence-electron chi connectivity index (χ4n) is 3.25. The Labute approximate surface area is 176 Å². The number of carbonyl (C=O) groups excluding carboxylic acids is 1. The second-order valence-corrected chi connectivity index (χ2v) is 10.5. The van der Waals surface area contributed by atoms with Crippen LogP contribution in [-0.4, -0.2) is 44.9 Å². The van der Waals surface area contributed by atoms with Crippen LogP contribution < -0.4 is 5.32 Å². The highest BCUT2D eigenvalue weighted by molar-refractivity contribution is 7.91. The number of carbonyl (C=O) groups is 1. The number of benzene rings is 1. The molecule has 1 aromatic carbocycles. The molecule has 1 saturated heterocycles. The van der Waals surface area contributed by atoms with Gasteiger partial charge in [-0.05, 0) is 43.9 Å². The van der Waals surface area contributed by atoms with Gasteiger partial charge in [-0.15, -0.1) is 11.3 Å². The van der Waals surface area contributed by atoms with Crippen molar-refractivity contribution >= 4 is 27.3 Å². The standard InChI is InChI=1S/C21H28N2O4S2/c1-17(18-8-3-2-4-9-18)27-15-7-12-22-20(24)16-19-10-11-21(28-19)29(25,26)23-13-5-6-14-23/h2-4,8-11,17H,5-7,12-16H2,1H3,(H,22,24). The van der Waals surface area contributed by atoms with Crippen molar-refractivity contribution in [2.45, 2.75) is 42.9 Å². The molecule has 29 heavy (non-hydrogen) atoms. The highest BCUT2D eigenvalue weighted by Gasteiger charge is 2.28. The molecule has 1 fully saturated rings. The zero-order valence-corrected chi connectivity index (χ0v) is 18.3. The van der Waals surface area contributed by atoms with Crippen LogP contribution in [0.5, 0.6) is 0 Å². The summed E-state index contributed by atoms with van der Waals surface area (Å²) >= 11 is 1.19. The summed E-state index contributed by atoms with van der Waals surface area (Å²) in [5.74, 6) is -0.104. The van der Waals surface area contributed by atoms with Crippen LogP contribution in [0.4, 0.5) is 0 Å². The molecule has 1 amide bonds. The number of sulfonamides is 1. The van der Waals surface area contributed by atoms with Crippen molar-refractivity contribution in [1.82, 2.24) is 9.62 Å². The van der Waals surface area contributed by atoms with Gasteiger partial charge in [-0.25, -0.2) is 8.42 Å². The van der Waals surface area contributed by atoms with Crippen molar-refractivity contribution in [3.63, 3.8) is 0 Å². The molecule has 0 aliphatic carbocycles. The molecule has 0 spiro atoms. The minimum absolute atomic E-state index is 0.0222. The van der Waals surface area contributed by atoms with E-state index in [4.69, 9.17) is 4.74 Å². The monoisotopic (exact) mass is 436 g/mol. The molecule has 1 unspecified atom stereocenters. The quantitative estimate of drug-likeness (QED) is 0.580. The molecule has 2 heterocycles. The van der Waals surface area contributed by atoms with Crippen molar-refractivity contribution < 1.29 is 17.9 Å². The molecule has 0 bridgehead atoms. The predicted octanol–water partition coefficient (Wildman–Crippen LogP) is 3.36. The third-order valence-corrected chi connectivity index (χ3v) is 8.36. The number of thiophene rings is 1. The topological polar surface area (TPSA) is 75.7 Å². The third-order valence-electron chi connectivity index (χ3n) is 4.91. The lowest BCUT2D eigenvalue weighted by Gasteiger charge is -2.13. The maximum Gasteiger partial charge on any atom is 0.252 e. The fraction of sp³-hybridized carbons (Fsp3) is 0.476. The summed E-state index contributed by atoms with van der Waals surface area (Å²) in [7, 11) is -3.41. The molecule has 1 N–H and O–H groups in total. The SMILES string of the molecule is CC(OCCCNC(=O)Cc1ccc(S(=O)(=O)N2CCCC2)s1)c1ccccc1. The number of ether oxygens (including phenoxy) is 1. The second kappa shape index (κ2) is 10.3. The van der Waals surface area contributed by atoms with E-state index < -0.39 is 10.0 Å². The minimum atomic E-state index is -3.41. The Morgan fingerprint density at radius 3 is 2.62 bits per heavy atom. The van der Waals surface area contributed by atoms with Crippen molar-refractivity contribution in [3.8, 4) is 0 Å². The van der Waals surface area contributed by atoms with Crippen molar-refractivity contribution in [1.29, 1.82) is 0 Å². The Hall–Kier alpha value is -1.74. The van der Waals surface area contributed by atoms with E-state index in [1.54, 1.807) is 12.1 Å². The molecule has 6 nitrogen and oxygen atoms in total. The molecular formula is C21H28N2O4S2. The first-order chi connectivity index (χ1) is 14.0. The average molecular weight is 437 g/mol. The molecule has 3 rings (SSSR count). The van der Waals surface area contributed by atoms with Gasteiger partial charge in [-0.3, -0.25) is 4.79 Å². The van der Waals surface area contributed by atoms with Gasteiger partial charge in [0.2, 0.25) is 5.91 Å². The first-order valence-corrected chi connectivity index (χ1v) is 12.2. The lowest BCUT2D eigenvalue weighted by molar-refractivity contribution is -0.120. The molecule has 158 valence electrons. The molecule has 8 heteroatoms. The van der Waals surface area contributed by atoms with Crippen LogP contribution in [0.2, 0.25) is 0 Å². The predicted molar refractivity (Wildman–Crippen MR) is 114 cm³/mol. The van der Waals surface area contributed by atoms with Gasteiger partial charge in [0.15, 0.2) is 0 Å². The fourth-order valence-corrected chi connectivity index (χ4v) is 6.27. The highest BCUT2D eigenvalue weighted by atomic mass is 32.2. The third kappa shape index (κ3) is 6.12. The Morgan fingerprint density at radius 2 is 1.90 bits per heavy atom. The van der Waals surface area contributed by atoms with Crippen LogP contribution in [0.15, 0.2) is 46.7 Å². The summed E-state index contributed by atoms with van der Waals surface area (Å²) in [6, 6.07) is 13.4. The van der Waals surface area contributed by atoms with Crippen molar-refractivity contribution in [2.75, 3.05) is 26.2 Å². The van der Waals surface area contributed by atoms with Gasteiger partial charge >= 0.3 is 0 Å². The van der Waals surface area contributed by atoms with Gasteiger partial charge in [0, 0.05) is 31.1 Å². The highest BCUT2D eigenvalue weighted by Crippen LogP contribution is 2.27. The average Bonchev–Trinajstić information content (AvgIpc) is 3.41. The Morgan fingerprint density at radius 1 is 1.17 bits per heavy atom. The van der Waals surface area contributed by atoms with Crippen LogP contribution >= 0.6 is 11.3 Å². The molecule has 0 radical (unpaired) electrons. The van der Waals surface area contributed by atoms with Crippen molar-refractivity contribution in [2.24, 2.45) is 0 Å². The van der Waals surface area contributed by atoms with Crippen molar-refractivity contribution in [3.05, 3.63) is 52.9 Å². The number of nitrogens with zero attached hydrogens (tertiary/aromatic N) is 1. The van der Waals surface area contributed by atoms with E-state index in [1.165, 1.54) is 15.6 Å². The van der Waals surface area contributed by atoms with E-state index in [9.17, 15) is 13.2 Å². The smallest absolute Gasteiger partial charge is 0.252 e. The van der Waals surface area contributed by atoms with E-state index in [2.05, 4.69) is 5.32 Å². The molecule has 2 aromatic rings.